The van der Waals surface area contributed by atoms with E-state index < -0.39 is 11.6 Å². The molecule has 7 nitrogen and oxygen atoms in total. The molecule has 1 saturated heterocycles. The van der Waals surface area contributed by atoms with E-state index in [0.29, 0.717) is 41.1 Å². The van der Waals surface area contributed by atoms with Crippen LogP contribution in [0, 0.1) is 11.6 Å². The first-order valence-electron chi connectivity index (χ1n) is 12.3. The minimum absolute atomic E-state index is 0.135. The number of ether oxygens (including phenoxy) is 1. The molecule has 3 heterocycles. The topological polar surface area (TPSA) is 83.1 Å². The maximum Gasteiger partial charge on any atom is 0.262 e. The Labute approximate surface area is 227 Å². The Hall–Kier alpha value is -4.34. The Morgan fingerprint density at radius 1 is 0.897 bits per heavy atom. The van der Waals surface area contributed by atoms with Gasteiger partial charge >= 0.3 is 0 Å². The van der Waals surface area contributed by atoms with E-state index in [0.717, 1.165) is 24.5 Å². The minimum Gasteiger partial charge on any atom is -0.378 e. The van der Waals surface area contributed by atoms with E-state index in [1.54, 1.807) is 12.1 Å². The lowest BCUT2D eigenvalue weighted by Gasteiger charge is -2.28. The lowest BCUT2D eigenvalue weighted by molar-refractivity contribution is 0.122. The highest BCUT2D eigenvalue weighted by Gasteiger charge is 2.18. The zero-order chi connectivity index (χ0) is 26.9. The third-order valence-corrected chi connectivity index (χ3v) is 6.92. The van der Waals surface area contributed by atoms with Crippen molar-refractivity contribution < 1.29 is 13.5 Å². The fourth-order valence-corrected chi connectivity index (χ4v) is 4.97. The summed E-state index contributed by atoms with van der Waals surface area (Å²) >= 11 is 6.34. The fraction of sp³-hybridized carbons (Fsp3) is 0.138. The highest BCUT2D eigenvalue weighted by Crippen LogP contribution is 2.38. The summed E-state index contributed by atoms with van der Waals surface area (Å²) < 4.78 is 33.6. The lowest BCUT2D eigenvalue weighted by Crippen LogP contribution is -2.36. The summed E-state index contributed by atoms with van der Waals surface area (Å²) in [6, 6.07) is 17.6. The SMILES string of the molecule is O=c1[nH]cnc2cc(-c3ccc(F)cc3-c3ccc(F)cc3Cl)nc(Nc3ccc(N4CCOCC4)cc3)c12. The summed E-state index contributed by atoms with van der Waals surface area (Å²) in [5, 5.41) is 3.67. The van der Waals surface area contributed by atoms with Crippen LogP contribution in [-0.2, 0) is 4.74 Å². The van der Waals surface area contributed by atoms with Gasteiger partial charge in [-0.2, -0.15) is 0 Å². The van der Waals surface area contributed by atoms with E-state index in [1.807, 2.05) is 24.3 Å². The van der Waals surface area contributed by atoms with Crippen LogP contribution in [0.15, 0.2) is 77.9 Å². The molecular weight excluding hydrogens is 524 g/mol. The quantitative estimate of drug-likeness (QED) is 0.275. The number of aromatic amines is 1. The Bertz CT molecular complexity index is 1740. The molecule has 0 saturated carbocycles. The Morgan fingerprint density at radius 2 is 1.62 bits per heavy atom. The number of anilines is 3. The molecule has 6 rings (SSSR count). The molecule has 196 valence electrons. The van der Waals surface area contributed by atoms with E-state index >= 15 is 0 Å². The van der Waals surface area contributed by atoms with E-state index in [2.05, 4.69) is 20.2 Å². The molecule has 1 fully saturated rings. The number of pyridine rings is 1. The van der Waals surface area contributed by atoms with E-state index in [1.165, 1.54) is 36.7 Å². The van der Waals surface area contributed by atoms with Gasteiger partial charge < -0.3 is 19.9 Å². The Morgan fingerprint density at radius 3 is 2.36 bits per heavy atom. The second-order valence-electron chi connectivity index (χ2n) is 9.07. The molecule has 0 amide bonds. The molecule has 0 atom stereocenters. The summed E-state index contributed by atoms with van der Waals surface area (Å²) in [4.78, 5) is 26.8. The molecule has 1 aliphatic rings. The number of nitrogens with one attached hydrogen (secondary N) is 2. The third-order valence-electron chi connectivity index (χ3n) is 6.61. The first kappa shape index (κ1) is 25.0. The fourth-order valence-electron chi connectivity index (χ4n) is 4.70. The number of aromatic nitrogens is 3. The van der Waals surface area contributed by atoms with Crippen molar-refractivity contribution in [3.8, 4) is 22.4 Å². The highest BCUT2D eigenvalue weighted by atomic mass is 35.5. The van der Waals surface area contributed by atoms with Crippen molar-refractivity contribution in [2.75, 3.05) is 36.5 Å². The third kappa shape index (κ3) is 5.06. The number of H-pyrrole nitrogens is 1. The van der Waals surface area contributed by atoms with Crippen LogP contribution in [0.2, 0.25) is 5.02 Å². The van der Waals surface area contributed by atoms with Gasteiger partial charge in [0.05, 0.1) is 35.8 Å². The summed E-state index contributed by atoms with van der Waals surface area (Å²) in [6.07, 6.45) is 1.32. The van der Waals surface area contributed by atoms with Crippen molar-refractivity contribution in [2.24, 2.45) is 0 Å². The van der Waals surface area contributed by atoms with Gasteiger partial charge in [0.15, 0.2) is 0 Å². The molecule has 0 spiro atoms. The van der Waals surface area contributed by atoms with Crippen molar-refractivity contribution in [2.45, 2.75) is 0 Å². The monoisotopic (exact) mass is 545 g/mol. The van der Waals surface area contributed by atoms with Crippen molar-refractivity contribution >= 4 is 39.7 Å². The van der Waals surface area contributed by atoms with E-state index in [9.17, 15) is 13.6 Å². The summed E-state index contributed by atoms with van der Waals surface area (Å²) in [5.74, 6) is -0.695. The number of nitrogens with zero attached hydrogens (tertiary/aromatic N) is 3. The predicted octanol–water partition coefficient (Wildman–Crippen LogP) is 6.16. The van der Waals surface area contributed by atoms with Gasteiger partial charge in [-0.05, 0) is 72.3 Å². The van der Waals surface area contributed by atoms with Crippen LogP contribution >= 0.6 is 11.6 Å². The number of halogens is 3. The average molecular weight is 546 g/mol. The molecule has 3 aromatic carbocycles. The zero-order valence-corrected chi connectivity index (χ0v) is 21.3. The van der Waals surface area contributed by atoms with Crippen LogP contribution in [0.25, 0.3) is 33.3 Å². The molecular formula is C29H22ClF2N5O2. The molecule has 0 unspecified atom stereocenters. The molecule has 2 N–H and O–H groups in total. The van der Waals surface area contributed by atoms with Gasteiger partial charge in [-0.3, -0.25) is 4.79 Å². The van der Waals surface area contributed by atoms with Crippen LogP contribution in [0.4, 0.5) is 26.0 Å². The second-order valence-corrected chi connectivity index (χ2v) is 9.47. The van der Waals surface area contributed by atoms with Gasteiger partial charge in [0.2, 0.25) is 0 Å². The molecule has 0 aliphatic carbocycles. The number of morpholine rings is 1. The minimum atomic E-state index is -0.500. The maximum atomic E-state index is 14.4. The van der Waals surface area contributed by atoms with Crippen LogP contribution in [0.3, 0.4) is 0 Å². The first-order valence-corrected chi connectivity index (χ1v) is 12.7. The van der Waals surface area contributed by atoms with Gasteiger partial charge in [0.25, 0.3) is 5.56 Å². The predicted molar refractivity (Wildman–Crippen MR) is 149 cm³/mol. The number of hydrogen-bond acceptors (Lipinski definition) is 6. The molecule has 2 aromatic heterocycles. The molecule has 5 aromatic rings. The summed E-state index contributed by atoms with van der Waals surface area (Å²) in [5.41, 5.74) is 3.69. The number of rotatable bonds is 5. The average Bonchev–Trinajstić information content (AvgIpc) is 2.94. The van der Waals surface area contributed by atoms with Crippen LogP contribution < -0.4 is 15.8 Å². The van der Waals surface area contributed by atoms with Crippen molar-refractivity contribution in [1.29, 1.82) is 0 Å². The van der Waals surface area contributed by atoms with Crippen LogP contribution in [0.5, 0.6) is 0 Å². The summed E-state index contributed by atoms with van der Waals surface area (Å²) in [6.45, 7) is 3.01. The van der Waals surface area contributed by atoms with Crippen molar-refractivity contribution in [1.82, 2.24) is 15.0 Å². The first-order chi connectivity index (χ1) is 19.0. The molecule has 1 aliphatic heterocycles. The number of fused-ring (bicyclic) bond motifs is 1. The molecule has 0 radical (unpaired) electrons. The molecule has 0 bridgehead atoms. The van der Waals surface area contributed by atoms with E-state index in [4.69, 9.17) is 21.3 Å². The molecule has 10 heteroatoms. The number of benzene rings is 3. The van der Waals surface area contributed by atoms with E-state index in [-0.39, 0.29) is 21.8 Å². The van der Waals surface area contributed by atoms with Crippen LogP contribution in [0.1, 0.15) is 0 Å². The standard InChI is InChI=1S/C29H22ClF2N5O2/c30-24-14-18(32)1-7-21(24)23-13-17(31)2-8-22(23)25-15-26-27(29(38)34-16-33-26)28(36-25)35-19-3-5-20(6-4-19)37-9-11-39-12-10-37/h1-8,13-16H,9-12H2,(H,35,36)(H,33,34,38). The number of hydrogen-bond donors (Lipinski definition) is 2. The summed E-state index contributed by atoms with van der Waals surface area (Å²) in [7, 11) is 0. The van der Waals surface area contributed by atoms with Gasteiger partial charge in [0, 0.05) is 35.6 Å². The lowest BCUT2D eigenvalue weighted by atomic mass is 9.96. The highest BCUT2D eigenvalue weighted by molar-refractivity contribution is 6.33. The second kappa shape index (κ2) is 10.4. The Balaban J connectivity index is 1.45. The zero-order valence-electron chi connectivity index (χ0n) is 20.5. The van der Waals surface area contributed by atoms with Crippen LogP contribution in [-0.4, -0.2) is 41.3 Å². The van der Waals surface area contributed by atoms with Gasteiger partial charge in [-0.1, -0.05) is 11.6 Å². The Kier molecular flexibility index (Phi) is 6.68. The maximum absolute atomic E-state index is 14.4. The van der Waals surface area contributed by atoms with Gasteiger partial charge in [-0.25, -0.2) is 18.7 Å². The molecule has 39 heavy (non-hydrogen) atoms. The smallest absolute Gasteiger partial charge is 0.262 e. The van der Waals surface area contributed by atoms with Gasteiger partial charge in [0.1, 0.15) is 22.8 Å². The normalized spacial score (nSPS) is 13.6. The van der Waals surface area contributed by atoms with Crippen molar-refractivity contribution in [3.63, 3.8) is 0 Å². The largest absolute Gasteiger partial charge is 0.378 e. The van der Waals surface area contributed by atoms with Gasteiger partial charge in [-0.15, -0.1) is 0 Å². The van der Waals surface area contributed by atoms with Crippen molar-refractivity contribution in [3.05, 3.63) is 100 Å².